The summed E-state index contributed by atoms with van der Waals surface area (Å²) in [5.41, 5.74) is 2.56. The van der Waals surface area contributed by atoms with E-state index in [2.05, 4.69) is 40.1 Å². The lowest BCUT2D eigenvalue weighted by Crippen LogP contribution is -2.42. The Morgan fingerprint density at radius 3 is 2.93 bits per heavy atom. The minimum absolute atomic E-state index is 0.0881. The normalized spacial score (nSPS) is 14.8. The van der Waals surface area contributed by atoms with Crippen molar-refractivity contribution in [2.45, 2.75) is 38.5 Å². The minimum Gasteiger partial charge on any atom is -0.506 e. The number of hydrogen-bond acceptors (Lipinski definition) is 6. The van der Waals surface area contributed by atoms with Crippen LogP contribution < -0.4 is 15.4 Å². The third-order valence-corrected chi connectivity index (χ3v) is 5.42. The number of nitrogens with zero attached hydrogens (tertiary/aromatic N) is 2. The Morgan fingerprint density at radius 2 is 2.10 bits per heavy atom. The molecule has 1 aliphatic heterocycles. The molecule has 1 atom stereocenters. The van der Waals surface area contributed by atoms with E-state index in [0.29, 0.717) is 17.9 Å². The number of rotatable bonds is 7. The van der Waals surface area contributed by atoms with Crippen LogP contribution in [-0.2, 0) is 11.3 Å². The number of aliphatic hydroxyl groups excluding tert-OH is 1. The maximum atomic E-state index is 11.5. The number of nitrogens with one attached hydrogen (secondary N) is 2. The number of imidazole rings is 1. The van der Waals surface area contributed by atoms with Gasteiger partial charge in [0.25, 0.3) is 5.91 Å². The fraction of sp³-hybridized carbons (Fsp3) is 0.364. The highest BCUT2D eigenvalue weighted by molar-refractivity contribution is 5.97. The number of benzene rings is 2. The number of phenols is 1. The van der Waals surface area contributed by atoms with Gasteiger partial charge in [0.15, 0.2) is 12.4 Å². The molecule has 8 nitrogen and oxygen atoms in total. The summed E-state index contributed by atoms with van der Waals surface area (Å²) in [6.07, 6.45) is 1.83. The fourth-order valence-electron chi connectivity index (χ4n) is 3.60. The van der Waals surface area contributed by atoms with Gasteiger partial charge in [-0.05, 0) is 44.5 Å². The van der Waals surface area contributed by atoms with Crippen LogP contribution in [0.25, 0.3) is 11.0 Å². The zero-order valence-corrected chi connectivity index (χ0v) is 17.1. The third-order valence-electron chi connectivity index (χ3n) is 5.42. The smallest absolute Gasteiger partial charge is 0.262 e. The number of hydrogen-bond donors (Lipinski definition) is 4. The van der Waals surface area contributed by atoms with Crippen molar-refractivity contribution in [3.63, 3.8) is 0 Å². The van der Waals surface area contributed by atoms with E-state index in [1.165, 1.54) is 6.07 Å². The topological polar surface area (TPSA) is 109 Å². The monoisotopic (exact) mass is 410 g/mol. The molecule has 0 fully saturated rings. The van der Waals surface area contributed by atoms with E-state index in [1.54, 1.807) is 6.07 Å². The van der Waals surface area contributed by atoms with Crippen molar-refractivity contribution in [3.05, 3.63) is 48.3 Å². The van der Waals surface area contributed by atoms with E-state index >= 15 is 0 Å². The summed E-state index contributed by atoms with van der Waals surface area (Å²) in [4.78, 5) is 16.0. The number of carbonyl (C=O) groups is 1. The van der Waals surface area contributed by atoms with E-state index in [-0.39, 0.29) is 29.5 Å². The molecular weight excluding hydrogens is 384 g/mol. The lowest BCUT2D eigenvalue weighted by molar-refractivity contribution is -0.118. The van der Waals surface area contributed by atoms with Gasteiger partial charge in [0, 0.05) is 24.2 Å². The number of β-amino-alcohol motifs (C(OH)–C–C–N with tert-alkyl or cyclic N) is 1. The van der Waals surface area contributed by atoms with E-state index in [9.17, 15) is 15.0 Å². The first-order valence-electron chi connectivity index (χ1n) is 9.95. The molecule has 8 heteroatoms. The van der Waals surface area contributed by atoms with E-state index < -0.39 is 6.10 Å². The number of aryl methyl sites for hydroxylation is 1. The van der Waals surface area contributed by atoms with Crippen molar-refractivity contribution in [1.82, 2.24) is 14.9 Å². The van der Waals surface area contributed by atoms with Crippen LogP contribution in [0.15, 0.2) is 42.7 Å². The molecule has 0 bridgehead atoms. The molecule has 0 aliphatic carbocycles. The first-order chi connectivity index (χ1) is 14.3. The summed E-state index contributed by atoms with van der Waals surface area (Å²) in [5.74, 6) is -0.114. The predicted molar refractivity (Wildman–Crippen MR) is 114 cm³/mol. The Morgan fingerprint density at radius 1 is 1.30 bits per heavy atom. The van der Waals surface area contributed by atoms with Crippen LogP contribution in [-0.4, -0.2) is 44.4 Å². The molecule has 1 unspecified atom stereocenters. The lowest BCUT2D eigenvalue weighted by Gasteiger charge is -2.29. The van der Waals surface area contributed by atoms with Gasteiger partial charge in [0.1, 0.15) is 11.4 Å². The van der Waals surface area contributed by atoms with Crippen molar-refractivity contribution in [3.8, 4) is 11.5 Å². The number of fused-ring (bicyclic) bond motifs is 2. The van der Waals surface area contributed by atoms with Crippen LogP contribution in [0.1, 0.15) is 31.9 Å². The maximum absolute atomic E-state index is 11.5. The van der Waals surface area contributed by atoms with Gasteiger partial charge in [-0.15, -0.1) is 0 Å². The molecule has 0 spiro atoms. The van der Waals surface area contributed by atoms with Gasteiger partial charge in [0.2, 0.25) is 0 Å². The standard InChI is InChI=1S/C22H26N4O4/c1-22(2,9-10-26-13-23-15-5-3-4-6-16(15)26)24-11-18(28)14-7-8-17(27)20-21(14)30-12-19(29)25-20/h3-8,13,18,24,27-28H,9-12H2,1-2H3,(H,25,29). The molecule has 4 rings (SSSR count). The first-order valence-corrected chi connectivity index (χ1v) is 9.95. The number of aromatic nitrogens is 2. The van der Waals surface area contributed by atoms with Gasteiger partial charge >= 0.3 is 0 Å². The Labute approximate surface area is 174 Å². The summed E-state index contributed by atoms with van der Waals surface area (Å²) in [7, 11) is 0. The minimum atomic E-state index is -0.859. The van der Waals surface area contributed by atoms with Gasteiger partial charge in [0.05, 0.1) is 23.5 Å². The van der Waals surface area contributed by atoms with Crippen LogP contribution in [0.3, 0.4) is 0 Å². The van der Waals surface area contributed by atoms with Gasteiger partial charge in [-0.1, -0.05) is 12.1 Å². The molecule has 30 heavy (non-hydrogen) atoms. The highest BCUT2D eigenvalue weighted by Gasteiger charge is 2.27. The lowest BCUT2D eigenvalue weighted by atomic mass is 9.99. The average Bonchev–Trinajstić information content (AvgIpc) is 3.15. The summed E-state index contributed by atoms with van der Waals surface area (Å²) in [6, 6.07) is 11.1. The van der Waals surface area contributed by atoms with Crippen LogP contribution in [0, 0.1) is 0 Å². The summed E-state index contributed by atoms with van der Waals surface area (Å²) in [6.45, 7) is 5.12. The highest BCUT2D eigenvalue weighted by Crippen LogP contribution is 2.41. The van der Waals surface area contributed by atoms with Crippen LogP contribution in [0.2, 0.25) is 0 Å². The van der Waals surface area contributed by atoms with Crippen LogP contribution >= 0.6 is 0 Å². The van der Waals surface area contributed by atoms with Crippen molar-refractivity contribution in [2.75, 3.05) is 18.5 Å². The largest absolute Gasteiger partial charge is 0.506 e. The van der Waals surface area contributed by atoms with Crippen molar-refractivity contribution in [2.24, 2.45) is 0 Å². The van der Waals surface area contributed by atoms with Gasteiger partial charge in [-0.25, -0.2) is 4.98 Å². The molecule has 2 heterocycles. The number of phenolic OH excluding ortho intramolecular Hbond substituents is 1. The number of aliphatic hydroxyl groups is 1. The second-order valence-electron chi connectivity index (χ2n) is 8.17. The van der Waals surface area contributed by atoms with E-state index in [4.69, 9.17) is 4.74 Å². The quantitative estimate of drug-likeness (QED) is 0.446. The zero-order valence-electron chi connectivity index (χ0n) is 17.1. The third kappa shape index (κ3) is 4.10. The van der Waals surface area contributed by atoms with Crippen molar-refractivity contribution in [1.29, 1.82) is 0 Å². The Bertz CT molecular complexity index is 1080. The van der Waals surface area contributed by atoms with Gasteiger partial charge in [-0.3, -0.25) is 4.79 Å². The molecule has 2 aromatic carbocycles. The second kappa shape index (κ2) is 7.97. The predicted octanol–water partition coefficient (Wildman–Crippen LogP) is 2.56. The zero-order chi connectivity index (χ0) is 21.3. The molecule has 3 aromatic rings. The number of anilines is 1. The Kier molecular flexibility index (Phi) is 5.36. The average molecular weight is 410 g/mol. The first kappa shape index (κ1) is 20.2. The molecule has 1 amide bonds. The summed E-state index contributed by atoms with van der Waals surface area (Å²) < 4.78 is 7.60. The number of para-hydroxylation sites is 2. The number of amides is 1. The Balaban J connectivity index is 1.40. The highest BCUT2D eigenvalue weighted by atomic mass is 16.5. The second-order valence-corrected chi connectivity index (χ2v) is 8.17. The van der Waals surface area contributed by atoms with Gasteiger partial charge in [-0.2, -0.15) is 0 Å². The van der Waals surface area contributed by atoms with E-state index in [1.807, 2.05) is 24.5 Å². The molecule has 0 saturated heterocycles. The van der Waals surface area contributed by atoms with Crippen LogP contribution in [0.5, 0.6) is 11.5 Å². The molecular formula is C22H26N4O4. The van der Waals surface area contributed by atoms with Gasteiger partial charge < -0.3 is 30.2 Å². The molecule has 4 N–H and O–H groups in total. The van der Waals surface area contributed by atoms with E-state index in [0.717, 1.165) is 24.0 Å². The molecule has 0 saturated carbocycles. The summed E-state index contributed by atoms with van der Waals surface area (Å²) in [5, 5.41) is 26.7. The molecule has 1 aliphatic rings. The Hall–Kier alpha value is -3.10. The van der Waals surface area contributed by atoms with Crippen LogP contribution in [0.4, 0.5) is 5.69 Å². The molecule has 158 valence electrons. The number of aromatic hydroxyl groups is 1. The van der Waals surface area contributed by atoms with Crippen molar-refractivity contribution < 1.29 is 19.7 Å². The van der Waals surface area contributed by atoms with Crippen molar-refractivity contribution >= 4 is 22.6 Å². The maximum Gasteiger partial charge on any atom is 0.262 e. The SMILES string of the molecule is CC(C)(CCn1cnc2ccccc21)NCC(O)c1ccc(O)c2c1OCC(=O)N2. The summed E-state index contributed by atoms with van der Waals surface area (Å²) >= 11 is 0. The molecule has 0 radical (unpaired) electrons. The fourth-order valence-corrected chi connectivity index (χ4v) is 3.60. The number of carbonyl (C=O) groups excluding carboxylic acids is 1. The molecule has 1 aromatic heterocycles. The number of ether oxygens (including phenoxy) is 1.